The maximum atomic E-state index is 11.4. The van der Waals surface area contributed by atoms with Crippen molar-refractivity contribution in [2.45, 2.75) is 52.4 Å². The Labute approximate surface area is 111 Å². The molecule has 0 rings (SSSR count). The number of carbonyl (C=O) groups excluding carboxylic acids is 1. The van der Waals surface area contributed by atoms with Crippen LogP contribution >= 0.6 is 0 Å². The molecule has 0 unspecified atom stereocenters. The Hall–Kier alpha value is -0.610. The van der Waals surface area contributed by atoms with Crippen LogP contribution in [0.4, 0.5) is 0 Å². The van der Waals surface area contributed by atoms with Gasteiger partial charge in [-0.15, -0.1) is 0 Å². The maximum absolute atomic E-state index is 11.4. The van der Waals surface area contributed by atoms with Crippen LogP contribution in [0.15, 0.2) is 0 Å². The molecule has 0 spiro atoms. The Bertz CT molecular complexity index is 186. The van der Waals surface area contributed by atoms with Crippen LogP contribution in [0.1, 0.15) is 52.4 Å². The van der Waals surface area contributed by atoms with E-state index in [9.17, 15) is 4.79 Å². The number of hydrogen-bond acceptors (Lipinski definition) is 3. The lowest BCUT2D eigenvalue weighted by Gasteiger charge is -2.06. The van der Waals surface area contributed by atoms with E-state index in [4.69, 9.17) is 9.47 Å². The molecular weight excluding hydrogens is 230 g/mol. The summed E-state index contributed by atoms with van der Waals surface area (Å²) in [7, 11) is 0. The Morgan fingerprint density at radius 1 is 0.889 bits per heavy atom. The molecule has 0 bridgehead atoms. The van der Waals surface area contributed by atoms with Gasteiger partial charge in [0.05, 0.1) is 19.8 Å². The number of ether oxygens (including phenoxy) is 2. The zero-order chi connectivity index (χ0) is 13.5. The van der Waals surface area contributed by atoms with Crippen LogP contribution in [-0.2, 0) is 14.3 Å². The fourth-order valence-corrected chi connectivity index (χ4v) is 1.53. The molecule has 4 nitrogen and oxygen atoms in total. The highest BCUT2D eigenvalue weighted by atomic mass is 16.5. The molecule has 1 N–H and O–H groups in total. The summed E-state index contributed by atoms with van der Waals surface area (Å²) in [5.41, 5.74) is 0. The van der Waals surface area contributed by atoms with Gasteiger partial charge in [0, 0.05) is 19.6 Å². The summed E-state index contributed by atoms with van der Waals surface area (Å²) in [5, 5.41) is 2.86. The predicted molar refractivity (Wildman–Crippen MR) is 73.7 cm³/mol. The van der Waals surface area contributed by atoms with Crippen LogP contribution in [-0.4, -0.2) is 38.9 Å². The molecule has 0 saturated carbocycles. The van der Waals surface area contributed by atoms with E-state index in [2.05, 4.69) is 19.2 Å². The number of rotatable bonds is 13. The van der Waals surface area contributed by atoms with Gasteiger partial charge < -0.3 is 14.8 Å². The van der Waals surface area contributed by atoms with Crippen molar-refractivity contribution in [2.75, 3.05) is 33.0 Å². The van der Waals surface area contributed by atoms with Crippen molar-refractivity contribution in [1.29, 1.82) is 0 Å². The minimum Gasteiger partial charge on any atom is -0.379 e. The molecular formula is C14H29NO3. The molecule has 0 radical (unpaired) electrons. The molecule has 0 fully saturated rings. The average molecular weight is 259 g/mol. The zero-order valence-electron chi connectivity index (χ0n) is 12.0. The summed E-state index contributed by atoms with van der Waals surface area (Å²) in [6.45, 7) is 7.44. The highest BCUT2D eigenvalue weighted by molar-refractivity contribution is 5.75. The molecule has 0 aromatic heterocycles. The maximum Gasteiger partial charge on any atom is 0.220 e. The predicted octanol–water partition coefficient (Wildman–Crippen LogP) is 2.52. The van der Waals surface area contributed by atoms with Crippen molar-refractivity contribution >= 4 is 5.91 Å². The van der Waals surface area contributed by atoms with E-state index in [0.29, 0.717) is 32.8 Å². The molecule has 0 atom stereocenters. The second kappa shape index (κ2) is 14.5. The van der Waals surface area contributed by atoms with Gasteiger partial charge in [-0.25, -0.2) is 0 Å². The van der Waals surface area contributed by atoms with Gasteiger partial charge in [0.15, 0.2) is 0 Å². The fraction of sp³-hybridized carbons (Fsp3) is 0.929. The SMILES string of the molecule is CCCCCCC(=O)NCCOCCOCCC. The molecule has 0 saturated heterocycles. The number of nitrogens with one attached hydrogen (secondary N) is 1. The number of carbonyl (C=O) groups is 1. The summed E-state index contributed by atoms with van der Waals surface area (Å²) >= 11 is 0. The van der Waals surface area contributed by atoms with Crippen LogP contribution in [0.2, 0.25) is 0 Å². The monoisotopic (exact) mass is 259 g/mol. The number of amides is 1. The fourth-order valence-electron chi connectivity index (χ4n) is 1.53. The molecule has 0 aliphatic heterocycles. The minimum absolute atomic E-state index is 0.136. The topological polar surface area (TPSA) is 47.6 Å². The van der Waals surface area contributed by atoms with Crippen LogP contribution in [0.5, 0.6) is 0 Å². The number of hydrogen-bond donors (Lipinski definition) is 1. The molecule has 108 valence electrons. The van der Waals surface area contributed by atoms with E-state index in [-0.39, 0.29) is 5.91 Å². The first-order chi connectivity index (χ1) is 8.81. The van der Waals surface area contributed by atoms with Crippen LogP contribution in [0.3, 0.4) is 0 Å². The van der Waals surface area contributed by atoms with Crippen molar-refractivity contribution in [2.24, 2.45) is 0 Å². The highest BCUT2D eigenvalue weighted by Crippen LogP contribution is 2.01. The Kier molecular flexibility index (Phi) is 14.0. The quantitative estimate of drug-likeness (QED) is 0.517. The summed E-state index contributed by atoms with van der Waals surface area (Å²) in [4.78, 5) is 11.4. The van der Waals surface area contributed by atoms with E-state index < -0.39 is 0 Å². The first-order valence-corrected chi connectivity index (χ1v) is 7.23. The lowest BCUT2D eigenvalue weighted by Crippen LogP contribution is -2.27. The first kappa shape index (κ1) is 17.4. The van der Waals surface area contributed by atoms with Crippen molar-refractivity contribution in [3.05, 3.63) is 0 Å². The van der Waals surface area contributed by atoms with Gasteiger partial charge in [-0.2, -0.15) is 0 Å². The van der Waals surface area contributed by atoms with Gasteiger partial charge in [0.1, 0.15) is 0 Å². The van der Waals surface area contributed by atoms with Crippen molar-refractivity contribution in [1.82, 2.24) is 5.32 Å². The second-order valence-electron chi connectivity index (χ2n) is 4.39. The molecule has 4 heteroatoms. The largest absolute Gasteiger partial charge is 0.379 e. The van der Waals surface area contributed by atoms with Crippen LogP contribution in [0, 0.1) is 0 Å². The molecule has 0 aliphatic rings. The standard InChI is InChI=1S/C14H29NO3/c1-3-5-6-7-8-14(16)15-9-11-18-13-12-17-10-4-2/h3-13H2,1-2H3,(H,15,16). The summed E-state index contributed by atoms with van der Waals surface area (Å²) in [6, 6.07) is 0. The summed E-state index contributed by atoms with van der Waals surface area (Å²) in [5.74, 6) is 0.136. The molecule has 0 aromatic carbocycles. The van der Waals surface area contributed by atoms with Gasteiger partial charge in [-0.3, -0.25) is 4.79 Å². The molecule has 0 aliphatic carbocycles. The Morgan fingerprint density at radius 3 is 2.28 bits per heavy atom. The van der Waals surface area contributed by atoms with Crippen molar-refractivity contribution < 1.29 is 14.3 Å². The van der Waals surface area contributed by atoms with Gasteiger partial charge in [0.25, 0.3) is 0 Å². The van der Waals surface area contributed by atoms with Crippen LogP contribution in [0.25, 0.3) is 0 Å². The average Bonchev–Trinajstić information content (AvgIpc) is 2.38. The lowest BCUT2D eigenvalue weighted by molar-refractivity contribution is -0.121. The van der Waals surface area contributed by atoms with E-state index in [0.717, 1.165) is 25.9 Å². The summed E-state index contributed by atoms with van der Waals surface area (Å²) in [6.07, 6.45) is 6.23. The van der Waals surface area contributed by atoms with E-state index in [1.165, 1.54) is 12.8 Å². The van der Waals surface area contributed by atoms with Gasteiger partial charge in [-0.1, -0.05) is 33.1 Å². The third-order valence-electron chi connectivity index (χ3n) is 2.55. The normalized spacial score (nSPS) is 10.6. The third-order valence-corrected chi connectivity index (χ3v) is 2.55. The van der Waals surface area contributed by atoms with Gasteiger partial charge in [0.2, 0.25) is 5.91 Å². The highest BCUT2D eigenvalue weighted by Gasteiger charge is 1.99. The van der Waals surface area contributed by atoms with Crippen molar-refractivity contribution in [3.63, 3.8) is 0 Å². The number of unbranched alkanes of at least 4 members (excludes halogenated alkanes) is 3. The van der Waals surface area contributed by atoms with Crippen LogP contribution < -0.4 is 5.32 Å². The first-order valence-electron chi connectivity index (χ1n) is 7.23. The zero-order valence-corrected chi connectivity index (χ0v) is 12.0. The molecule has 18 heavy (non-hydrogen) atoms. The third kappa shape index (κ3) is 13.5. The van der Waals surface area contributed by atoms with E-state index >= 15 is 0 Å². The van der Waals surface area contributed by atoms with E-state index in [1.807, 2.05) is 0 Å². The smallest absolute Gasteiger partial charge is 0.220 e. The molecule has 0 heterocycles. The van der Waals surface area contributed by atoms with Gasteiger partial charge >= 0.3 is 0 Å². The summed E-state index contributed by atoms with van der Waals surface area (Å²) < 4.78 is 10.6. The van der Waals surface area contributed by atoms with Gasteiger partial charge in [-0.05, 0) is 12.8 Å². The Morgan fingerprint density at radius 2 is 1.61 bits per heavy atom. The lowest BCUT2D eigenvalue weighted by atomic mass is 10.1. The second-order valence-corrected chi connectivity index (χ2v) is 4.39. The van der Waals surface area contributed by atoms with E-state index in [1.54, 1.807) is 0 Å². The molecule has 1 amide bonds. The van der Waals surface area contributed by atoms with Crippen molar-refractivity contribution in [3.8, 4) is 0 Å². The molecule has 0 aromatic rings. The Balaban J connectivity index is 3.10. The minimum atomic E-state index is 0.136.